The fourth-order valence-corrected chi connectivity index (χ4v) is 7.84. The van der Waals surface area contributed by atoms with Gasteiger partial charge in [0, 0.05) is 19.3 Å². The molecule has 8 nitrogen and oxygen atoms in total. The third kappa shape index (κ3) is 42.8. The number of hydrogen-bond acceptors (Lipinski definition) is 7. The minimum atomic E-state index is -1.13. The van der Waals surface area contributed by atoms with Crippen LogP contribution in [0.5, 0.6) is 0 Å². The van der Waals surface area contributed by atoms with Crippen LogP contribution in [0.4, 0.5) is 0 Å². The van der Waals surface area contributed by atoms with Crippen LogP contribution in [0, 0.1) is 0 Å². The van der Waals surface area contributed by atoms with Crippen LogP contribution < -0.4 is 5.11 Å². The van der Waals surface area contributed by atoms with Crippen molar-refractivity contribution in [1.29, 1.82) is 0 Å². The molecular formula is C54H99NO7. The maximum atomic E-state index is 12.8. The maximum Gasteiger partial charge on any atom is 0.306 e. The van der Waals surface area contributed by atoms with Crippen molar-refractivity contribution in [2.24, 2.45) is 0 Å². The van der Waals surface area contributed by atoms with Gasteiger partial charge in [-0.2, -0.15) is 0 Å². The fourth-order valence-electron chi connectivity index (χ4n) is 7.84. The van der Waals surface area contributed by atoms with E-state index in [9.17, 15) is 19.5 Å². The second-order valence-corrected chi connectivity index (χ2v) is 18.8. The first-order valence-electron chi connectivity index (χ1n) is 26.0. The number of quaternary nitrogens is 1. The van der Waals surface area contributed by atoms with Gasteiger partial charge in [-0.15, -0.1) is 0 Å². The smallest absolute Gasteiger partial charge is 0.306 e. The van der Waals surface area contributed by atoms with Crippen LogP contribution in [-0.4, -0.2) is 75.5 Å². The van der Waals surface area contributed by atoms with Crippen molar-refractivity contribution in [1.82, 2.24) is 0 Å². The molecule has 0 aliphatic rings. The van der Waals surface area contributed by atoms with Crippen LogP contribution in [0.25, 0.3) is 0 Å². The molecule has 2 atom stereocenters. The Labute approximate surface area is 383 Å². The maximum absolute atomic E-state index is 12.8. The molecule has 0 spiro atoms. The van der Waals surface area contributed by atoms with E-state index in [2.05, 4.69) is 50.3 Å². The highest BCUT2D eigenvalue weighted by Gasteiger charge is 2.25. The molecule has 0 fully saturated rings. The van der Waals surface area contributed by atoms with E-state index in [0.717, 1.165) is 57.8 Å². The number of allylic oxidation sites excluding steroid dienone is 6. The SMILES string of the molecule is CC/C=C/C=C/C=C/CCCCCCCCCC(=O)OC(COCCC(C(=O)[O-])[N+](C)(C)C)COC(=O)CCCCCCCCCCCCCCCCCCCCCCCCC. The lowest BCUT2D eigenvalue weighted by Gasteiger charge is -2.34. The largest absolute Gasteiger partial charge is 0.544 e. The van der Waals surface area contributed by atoms with Crippen LogP contribution in [0.2, 0.25) is 0 Å². The second-order valence-electron chi connectivity index (χ2n) is 18.8. The number of ether oxygens (including phenoxy) is 3. The summed E-state index contributed by atoms with van der Waals surface area (Å²) >= 11 is 0. The summed E-state index contributed by atoms with van der Waals surface area (Å²) in [5.74, 6) is -1.74. The zero-order valence-corrected chi connectivity index (χ0v) is 41.3. The van der Waals surface area contributed by atoms with Crippen molar-refractivity contribution in [3.05, 3.63) is 36.5 Å². The molecule has 0 aromatic heterocycles. The molecule has 8 heteroatoms. The van der Waals surface area contributed by atoms with Gasteiger partial charge in [0.25, 0.3) is 0 Å². The summed E-state index contributed by atoms with van der Waals surface area (Å²) in [4.78, 5) is 37.0. The second kappa shape index (κ2) is 45.1. The van der Waals surface area contributed by atoms with Gasteiger partial charge in [0.15, 0.2) is 6.10 Å². The number of likely N-dealkylation sites (N-methyl/N-ethyl adjacent to an activating group) is 1. The number of nitrogens with zero attached hydrogens (tertiary/aromatic N) is 1. The lowest BCUT2D eigenvalue weighted by molar-refractivity contribution is -0.889. The van der Waals surface area contributed by atoms with E-state index in [-0.39, 0.29) is 42.7 Å². The third-order valence-corrected chi connectivity index (χ3v) is 11.9. The summed E-state index contributed by atoms with van der Waals surface area (Å²) in [6.45, 7) is 4.56. The van der Waals surface area contributed by atoms with Gasteiger partial charge in [-0.1, -0.05) is 224 Å². The summed E-state index contributed by atoms with van der Waals surface area (Å²) in [5.41, 5.74) is 0. The number of hydrogen-bond donors (Lipinski definition) is 0. The van der Waals surface area contributed by atoms with E-state index in [1.165, 1.54) is 148 Å². The quantitative estimate of drug-likeness (QED) is 0.0260. The lowest BCUT2D eigenvalue weighted by Crippen LogP contribution is -2.55. The van der Waals surface area contributed by atoms with Gasteiger partial charge in [0.05, 0.1) is 40.3 Å². The highest BCUT2D eigenvalue weighted by Crippen LogP contribution is 2.17. The molecule has 0 amide bonds. The van der Waals surface area contributed by atoms with Gasteiger partial charge >= 0.3 is 11.9 Å². The summed E-state index contributed by atoms with van der Waals surface area (Å²) in [5, 5.41) is 11.7. The Hall–Kier alpha value is -2.45. The van der Waals surface area contributed by atoms with Crippen molar-refractivity contribution in [3.8, 4) is 0 Å². The van der Waals surface area contributed by atoms with Crippen LogP contribution in [0.3, 0.4) is 0 Å². The van der Waals surface area contributed by atoms with Gasteiger partial charge in [0.2, 0.25) is 0 Å². The molecule has 0 aromatic carbocycles. The van der Waals surface area contributed by atoms with E-state index >= 15 is 0 Å². The molecule has 0 heterocycles. The van der Waals surface area contributed by atoms with Crippen LogP contribution in [-0.2, 0) is 28.6 Å². The number of carbonyl (C=O) groups excluding carboxylic acids is 3. The topological polar surface area (TPSA) is 102 Å². The van der Waals surface area contributed by atoms with Crippen molar-refractivity contribution in [3.63, 3.8) is 0 Å². The molecule has 0 bridgehead atoms. The number of rotatable bonds is 47. The Morgan fingerprint density at radius 3 is 1.32 bits per heavy atom. The Morgan fingerprint density at radius 1 is 0.500 bits per heavy atom. The highest BCUT2D eigenvalue weighted by atomic mass is 16.6. The fraction of sp³-hybridized carbons (Fsp3) is 0.833. The average molecular weight is 874 g/mol. The normalized spacial score (nSPS) is 13.1. The Balaban J connectivity index is 4.16. The van der Waals surface area contributed by atoms with Crippen LogP contribution in [0.1, 0.15) is 239 Å². The number of carbonyl (C=O) groups is 3. The minimum absolute atomic E-state index is 0.0384. The molecule has 0 aromatic rings. The van der Waals surface area contributed by atoms with Crippen LogP contribution >= 0.6 is 0 Å². The first kappa shape index (κ1) is 59.5. The van der Waals surface area contributed by atoms with E-state index in [1.54, 1.807) is 21.1 Å². The summed E-state index contributed by atoms with van der Waals surface area (Å²) in [6, 6.07) is -0.727. The van der Waals surface area contributed by atoms with Gasteiger partial charge in [-0.05, 0) is 32.1 Å². The van der Waals surface area contributed by atoms with Gasteiger partial charge in [-0.25, -0.2) is 0 Å². The summed E-state index contributed by atoms with van der Waals surface area (Å²) in [6.07, 6.45) is 53.3. The molecule has 0 rings (SSSR count). The molecule has 0 aliphatic carbocycles. The summed E-state index contributed by atoms with van der Waals surface area (Å²) < 4.78 is 17.2. The monoisotopic (exact) mass is 874 g/mol. The molecule has 362 valence electrons. The Kier molecular flexibility index (Phi) is 43.3. The highest BCUT2D eigenvalue weighted by molar-refractivity contribution is 5.70. The number of carboxylic acids is 1. The van der Waals surface area contributed by atoms with Crippen molar-refractivity contribution >= 4 is 17.9 Å². The number of unbranched alkanes of at least 4 members (excludes halogenated alkanes) is 29. The molecule has 2 unspecified atom stereocenters. The number of carboxylic acid groups (broad SMARTS) is 1. The van der Waals surface area contributed by atoms with E-state index in [1.807, 2.05) is 0 Å². The predicted molar refractivity (Wildman–Crippen MR) is 259 cm³/mol. The zero-order valence-electron chi connectivity index (χ0n) is 41.3. The molecule has 0 radical (unpaired) electrons. The van der Waals surface area contributed by atoms with Gasteiger partial charge in [-0.3, -0.25) is 9.59 Å². The third-order valence-electron chi connectivity index (χ3n) is 11.9. The van der Waals surface area contributed by atoms with E-state index < -0.39 is 18.1 Å². The molecular weight excluding hydrogens is 775 g/mol. The first-order chi connectivity index (χ1) is 30.1. The molecule has 0 N–H and O–H groups in total. The number of aliphatic carboxylic acids is 1. The molecule has 0 saturated carbocycles. The van der Waals surface area contributed by atoms with Crippen LogP contribution in [0.15, 0.2) is 36.5 Å². The summed E-state index contributed by atoms with van der Waals surface area (Å²) in [7, 11) is 5.41. The molecule has 0 aliphatic heterocycles. The molecule has 62 heavy (non-hydrogen) atoms. The van der Waals surface area contributed by atoms with Gasteiger partial charge in [0.1, 0.15) is 12.6 Å². The minimum Gasteiger partial charge on any atom is -0.544 e. The first-order valence-corrected chi connectivity index (χ1v) is 26.0. The predicted octanol–water partition coefficient (Wildman–Crippen LogP) is 13.6. The molecule has 0 saturated heterocycles. The van der Waals surface area contributed by atoms with E-state index in [4.69, 9.17) is 14.2 Å². The number of esters is 2. The zero-order chi connectivity index (χ0) is 45.6. The van der Waals surface area contributed by atoms with E-state index in [0.29, 0.717) is 12.8 Å². The average Bonchev–Trinajstić information content (AvgIpc) is 3.23. The van der Waals surface area contributed by atoms with Crippen molar-refractivity contribution < 1.29 is 38.2 Å². The van der Waals surface area contributed by atoms with Gasteiger partial charge < -0.3 is 28.6 Å². The van der Waals surface area contributed by atoms with Crippen molar-refractivity contribution in [2.45, 2.75) is 251 Å². The lowest BCUT2D eigenvalue weighted by atomic mass is 10.0. The van der Waals surface area contributed by atoms with Crippen molar-refractivity contribution in [2.75, 3.05) is 41.0 Å². The Bertz CT molecular complexity index is 1110. The Morgan fingerprint density at radius 2 is 0.903 bits per heavy atom. The standard InChI is InChI=1S/C54H99NO7/c1-6-8-10-12-14-16-18-20-22-23-24-25-26-27-28-29-31-32-34-36-38-40-42-44-52(56)61-49-50(48-60-47-46-51(54(58)59)55(3,4)5)62-53(57)45-43-41-39-37-35-33-30-21-19-17-15-13-11-9-7-2/h9,11,13,15,17,19,50-51H,6-8,10,12,14,16,18,20-49H2,1-5H3/b11-9+,15-13+,19-17+.